The summed E-state index contributed by atoms with van der Waals surface area (Å²) in [5.41, 5.74) is 5.01. The van der Waals surface area contributed by atoms with Gasteiger partial charge in [-0.25, -0.2) is 9.99 Å². The van der Waals surface area contributed by atoms with Crippen LogP contribution in [0.1, 0.15) is 19.3 Å². The van der Waals surface area contributed by atoms with Crippen LogP contribution in [0.5, 0.6) is 0 Å². The molecule has 0 spiro atoms. The molecule has 1 saturated carbocycles. The molecule has 2 fully saturated rings. The molecule has 1 aliphatic carbocycles. The third-order valence-electron chi connectivity index (χ3n) is 6.87. The topological polar surface area (TPSA) is 81.5 Å². The fraction of sp³-hybridized carbons (Fsp3) is 0.480. The van der Waals surface area contributed by atoms with Crippen molar-refractivity contribution in [2.45, 2.75) is 25.8 Å². The predicted octanol–water partition coefficient (Wildman–Crippen LogP) is 3.83. The summed E-state index contributed by atoms with van der Waals surface area (Å²) in [6.45, 7) is 3.72. The third-order valence-corrected chi connectivity index (χ3v) is 7.20. The number of pyridine rings is 1. The van der Waals surface area contributed by atoms with Gasteiger partial charge in [-0.05, 0) is 36.8 Å². The first-order chi connectivity index (χ1) is 16.6. The predicted molar refractivity (Wildman–Crippen MR) is 133 cm³/mol. The maximum absolute atomic E-state index is 13.6. The van der Waals surface area contributed by atoms with Crippen LogP contribution >= 0.6 is 11.6 Å². The van der Waals surface area contributed by atoms with E-state index in [9.17, 15) is 4.79 Å². The van der Waals surface area contributed by atoms with E-state index in [-0.39, 0.29) is 5.56 Å². The molecule has 1 aliphatic heterocycles. The van der Waals surface area contributed by atoms with Crippen LogP contribution in [-0.2, 0) is 16.0 Å². The van der Waals surface area contributed by atoms with Gasteiger partial charge in [-0.2, -0.15) is 4.98 Å². The van der Waals surface area contributed by atoms with Gasteiger partial charge >= 0.3 is 0 Å². The van der Waals surface area contributed by atoms with Crippen LogP contribution in [0.15, 0.2) is 41.3 Å². The van der Waals surface area contributed by atoms with Crippen LogP contribution in [0.3, 0.4) is 0 Å². The Labute approximate surface area is 203 Å². The molecule has 3 heterocycles. The van der Waals surface area contributed by atoms with Gasteiger partial charge in [0.1, 0.15) is 5.65 Å². The number of ether oxygens (including phenoxy) is 2. The van der Waals surface area contributed by atoms with E-state index in [0.717, 1.165) is 30.3 Å². The van der Waals surface area contributed by atoms with Crippen LogP contribution in [0.4, 0.5) is 5.95 Å². The molecule has 1 aromatic carbocycles. The van der Waals surface area contributed by atoms with Gasteiger partial charge in [-0.1, -0.05) is 36.2 Å². The molecule has 2 unspecified atom stereocenters. The second-order valence-electron chi connectivity index (χ2n) is 9.04. The number of nitrogens with one attached hydrogen (secondary N) is 1. The molecule has 180 valence electrons. The van der Waals surface area contributed by atoms with Gasteiger partial charge in [-0.15, -0.1) is 0 Å². The number of anilines is 1. The fourth-order valence-corrected chi connectivity index (χ4v) is 5.40. The second kappa shape index (κ2) is 10.4. The molecular formula is C25H30ClN5O3. The average Bonchev–Trinajstić information content (AvgIpc) is 3.42. The van der Waals surface area contributed by atoms with Crippen molar-refractivity contribution in [3.63, 3.8) is 0 Å². The lowest BCUT2D eigenvalue weighted by Gasteiger charge is -2.19. The second-order valence-corrected chi connectivity index (χ2v) is 9.45. The molecule has 9 heteroatoms. The number of hydrogen-bond acceptors (Lipinski definition) is 7. The van der Waals surface area contributed by atoms with Crippen molar-refractivity contribution >= 4 is 28.6 Å². The number of hydrazine groups is 1. The van der Waals surface area contributed by atoms with Gasteiger partial charge in [-0.3, -0.25) is 14.8 Å². The molecular weight excluding hydrogens is 454 g/mol. The Bertz CT molecular complexity index is 1200. The largest absolute Gasteiger partial charge is 0.382 e. The van der Waals surface area contributed by atoms with Crippen molar-refractivity contribution < 1.29 is 9.47 Å². The standard InChI is InChI=1S/C25H30ClN5O3/c1-33-11-12-34-10-9-31-23-19(13-21(24(31)32)20-7-2-3-8-22(20)26)14-27-25(28-23)29-30-15-17-5-4-6-18(17)16-30/h2-3,7-8,13-14,17-18H,4-6,9-12,15-16H2,1H3,(H,27,28,29). The number of fused-ring (bicyclic) bond motifs is 2. The normalized spacial score (nSPS) is 20.2. The summed E-state index contributed by atoms with van der Waals surface area (Å²) in [7, 11) is 1.63. The van der Waals surface area contributed by atoms with Crippen LogP contribution in [0.2, 0.25) is 5.02 Å². The van der Waals surface area contributed by atoms with Gasteiger partial charge in [0, 0.05) is 47.9 Å². The number of hydrogen-bond donors (Lipinski definition) is 1. The smallest absolute Gasteiger partial charge is 0.260 e. The Morgan fingerprint density at radius 2 is 1.91 bits per heavy atom. The average molecular weight is 484 g/mol. The SMILES string of the molecule is COCCOCCn1c(=O)c(-c2ccccc2Cl)cc2cnc(NN3CC4CCCC4C3)nc21. The molecule has 34 heavy (non-hydrogen) atoms. The summed E-state index contributed by atoms with van der Waals surface area (Å²) >= 11 is 6.42. The Morgan fingerprint density at radius 3 is 2.68 bits per heavy atom. The van der Waals surface area contributed by atoms with Crippen molar-refractivity contribution in [2.24, 2.45) is 11.8 Å². The third kappa shape index (κ3) is 4.81. The van der Waals surface area contributed by atoms with Crippen LogP contribution < -0.4 is 11.0 Å². The van der Waals surface area contributed by atoms with Gasteiger partial charge in [0.05, 0.1) is 26.4 Å². The Morgan fingerprint density at radius 1 is 1.12 bits per heavy atom. The molecule has 2 aromatic heterocycles. The highest BCUT2D eigenvalue weighted by Gasteiger charge is 2.36. The molecule has 2 aliphatic rings. The highest BCUT2D eigenvalue weighted by Crippen LogP contribution is 2.37. The lowest BCUT2D eigenvalue weighted by molar-refractivity contribution is 0.0666. The summed E-state index contributed by atoms with van der Waals surface area (Å²) in [6, 6.07) is 9.19. The first kappa shape index (κ1) is 23.2. The van der Waals surface area contributed by atoms with Crippen molar-refractivity contribution in [1.29, 1.82) is 0 Å². The number of nitrogens with zero attached hydrogens (tertiary/aromatic N) is 4. The minimum Gasteiger partial charge on any atom is -0.382 e. The molecule has 5 rings (SSSR count). The molecule has 0 bridgehead atoms. The number of halogens is 1. The van der Waals surface area contributed by atoms with E-state index >= 15 is 0 Å². The Balaban J connectivity index is 1.47. The van der Waals surface area contributed by atoms with E-state index in [1.807, 2.05) is 24.3 Å². The van der Waals surface area contributed by atoms with Crippen LogP contribution in [0, 0.1) is 11.8 Å². The molecule has 2 atom stereocenters. The van der Waals surface area contributed by atoms with E-state index in [4.69, 9.17) is 26.1 Å². The highest BCUT2D eigenvalue weighted by molar-refractivity contribution is 6.33. The summed E-state index contributed by atoms with van der Waals surface area (Å²) < 4.78 is 12.4. The van der Waals surface area contributed by atoms with Gasteiger partial charge in [0.15, 0.2) is 0 Å². The quantitative estimate of drug-likeness (QED) is 0.463. The molecule has 1 N–H and O–H groups in total. The van der Waals surface area contributed by atoms with Gasteiger partial charge in [0.25, 0.3) is 5.56 Å². The van der Waals surface area contributed by atoms with Crippen molar-refractivity contribution in [3.05, 3.63) is 51.9 Å². The van der Waals surface area contributed by atoms with E-state index in [0.29, 0.717) is 54.1 Å². The zero-order chi connectivity index (χ0) is 23.5. The lowest BCUT2D eigenvalue weighted by atomic mass is 10.0. The summed E-state index contributed by atoms with van der Waals surface area (Å²) in [6.07, 6.45) is 5.70. The Kier molecular flexibility index (Phi) is 7.10. The first-order valence-electron chi connectivity index (χ1n) is 11.9. The number of methoxy groups -OCH3 is 1. The minimum atomic E-state index is -0.156. The lowest BCUT2D eigenvalue weighted by Crippen LogP contribution is -2.30. The van der Waals surface area contributed by atoms with E-state index in [2.05, 4.69) is 15.4 Å². The number of rotatable bonds is 9. The molecule has 0 amide bonds. The summed E-state index contributed by atoms with van der Waals surface area (Å²) in [5.74, 6) is 2.02. The molecule has 3 aromatic rings. The number of benzene rings is 1. The highest BCUT2D eigenvalue weighted by atomic mass is 35.5. The van der Waals surface area contributed by atoms with Crippen molar-refractivity contribution in [2.75, 3.05) is 45.4 Å². The van der Waals surface area contributed by atoms with Crippen LogP contribution in [-0.4, -0.2) is 59.6 Å². The van der Waals surface area contributed by atoms with E-state index in [1.165, 1.54) is 19.3 Å². The summed E-state index contributed by atoms with van der Waals surface area (Å²) in [5, 5.41) is 3.51. The Hall–Kier alpha value is -2.52. The number of aromatic nitrogens is 3. The zero-order valence-electron chi connectivity index (χ0n) is 19.4. The molecule has 8 nitrogen and oxygen atoms in total. The van der Waals surface area contributed by atoms with Gasteiger partial charge < -0.3 is 9.47 Å². The minimum absolute atomic E-state index is 0.156. The molecule has 0 radical (unpaired) electrons. The first-order valence-corrected chi connectivity index (χ1v) is 12.3. The molecule has 1 saturated heterocycles. The van der Waals surface area contributed by atoms with E-state index in [1.54, 1.807) is 23.9 Å². The fourth-order valence-electron chi connectivity index (χ4n) is 5.16. The monoisotopic (exact) mass is 483 g/mol. The zero-order valence-corrected chi connectivity index (χ0v) is 20.1. The van der Waals surface area contributed by atoms with Crippen molar-refractivity contribution in [3.8, 4) is 11.1 Å². The maximum atomic E-state index is 13.6. The van der Waals surface area contributed by atoms with Crippen LogP contribution in [0.25, 0.3) is 22.2 Å². The maximum Gasteiger partial charge on any atom is 0.260 e. The van der Waals surface area contributed by atoms with E-state index < -0.39 is 0 Å². The van der Waals surface area contributed by atoms with Gasteiger partial charge in [0.2, 0.25) is 5.95 Å². The van der Waals surface area contributed by atoms with Crippen molar-refractivity contribution in [1.82, 2.24) is 19.5 Å². The summed E-state index contributed by atoms with van der Waals surface area (Å²) in [4.78, 5) is 22.9.